The fraction of sp³-hybridized carbons (Fsp3) is 0.400. The molecular weight excluding hydrogens is 271 g/mol. The Kier molecular flexibility index (Phi) is 3.14. The number of alkyl halides is 3. The van der Waals surface area contributed by atoms with E-state index in [1.54, 1.807) is 0 Å². The van der Waals surface area contributed by atoms with E-state index < -0.39 is 15.6 Å². The van der Waals surface area contributed by atoms with Crippen molar-refractivity contribution in [2.24, 2.45) is 0 Å². The van der Waals surface area contributed by atoms with Crippen molar-refractivity contribution in [2.75, 3.05) is 11.9 Å². The van der Waals surface area contributed by atoms with Crippen LogP contribution in [0, 0.1) is 0 Å². The maximum absolute atomic E-state index is 12.1. The monoisotopic (exact) mass is 281 g/mol. The molecule has 0 aromatic heterocycles. The maximum atomic E-state index is 12.1. The zero-order chi connectivity index (χ0) is 13.4. The van der Waals surface area contributed by atoms with Gasteiger partial charge in [-0.2, -0.15) is 21.6 Å². The van der Waals surface area contributed by atoms with Crippen molar-refractivity contribution < 1.29 is 25.8 Å². The number of hydrogen-bond acceptors (Lipinski definition) is 4. The van der Waals surface area contributed by atoms with Gasteiger partial charge in [-0.25, -0.2) is 0 Å². The number of benzene rings is 1. The summed E-state index contributed by atoms with van der Waals surface area (Å²) in [5, 5.41) is 3.06. The second kappa shape index (κ2) is 4.34. The Balaban J connectivity index is 2.26. The first-order chi connectivity index (χ1) is 8.29. The minimum atomic E-state index is -5.60. The van der Waals surface area contributed by atoms with Gasteiger partial charge in [0, 0.05) is 12.2 Å². The molecule has 0 fully saturated rings. The van der Waals surface area contributed by atoms with Crippen LogP contribution in [0.2, 0.25) is 0 Å². The highest BCUT2D eigenvalue weighted by atomic mass is 32.2. The molecule has 2 rings (SSSR count). The first-order valence-corrected chi connectivity index (χ1v) is 6.58. The van der Waals surface area contributed by atoms with E-state index in [9.17, 15) is 21.6 Å². The number of anilines is 1. The lowest BCUT2D eigenvalue weighted by Crippen LogP contribution is -2.28. The third-order valence-corrected chi connectivity index (χ3v) is 3.48. The molecule has 0 amide bonds. The van der Waals surface area contributed by atoms with Crippen molar-refractivity contribution in [1.82, 2.24) is 0 Å². The van der Waals surface area contributed by atoms with Crippen molar-refractivity contribution in [3.63, 3.8) is 0 Å². The molecule has 4 nitrogen and oxygen atoms in total. The maximum Gasteiger partial charge on any atom is 0.534 e. The van der Waals surface area contributed by atoms with Crippen LogP contribution in [0.15, 0.2) is 18.2 Å². The predicted molar refractivity (Wildman–Crippen MR) is 58.9 cm³/mol. The third-order valence-electron chi connectivity index (χ3n) is 2.50. The number of rotatable bonds is 2. The van der Waals surface area contributed by atoms with Crippen LogP contribution in [0.1, 0.15) is 12.0 Å². The van der Waals surface area contributed by atoms with Crippen LogP contribution < -0.4 is 9.50 Å². The Morgan fingerprint density at radius 2 is 2.00 bits per heavy atom. The first kappa shape index (κ1) is 13.0. The summed E-state index contributed by atoms with van der Waals surface area (Å²) < 4.78 is 62.1. The van der Waals surface area contributed by atoms with Gasteiger partial charge < -0.3 is 9.50 Å². The molecular formula is C10H10F3NO3S. The van der Waals surface area contributed by atoms with Crippen molar-refractivity contribution in [1.29, 1.82) is 0 Å². The summed E-state index contributed by atoms with van der Waals surface area (Å²) in [5.74, 6) is -0.324. The lowest BCUT2D eigenvalue weighted by atomic mass is 10.0. The molecule has 1 N–H and O–H groups in total. The van der Waals surface area contributed by atoms with Crippen molar-refractivity contribution >= 4 is 15.8 Å². The van der Waals surface area contributed by atoms with E-state index in [1.807, 2.05) is 0 Å². The van der Waals surface area contributed by atoms with Gasteiger partial charge in [0.1, 0.15) is 5.75 Å². The quantitative estimate of drug-likeness (QED) is 0.667. The molecule has 1 heterocycles. The summed E-state index contributed by atoms with van der Waals surface area (Å²) in [6.45, 7) is 0.786. The third kappa shape index (κ3) is 2.53. The van der Waals surface area contributed by atoms with E-state index in [1.165, 1.54) is 18.2 Å². The van der Waals surface area contributed by atoms with Gasteiger partial charge in [0.2, 0.25) is 0 Å². The molecule has 0 atom stereocenters. The van der Waals surface area contributed by atoms with Crippen LogP contribution in [0.5, 0.6) is 5.75 Å². The van der Waals surface area contributed by atoms with E-state index in [-0.39, 0.29) is 5.75 Å². The molecule has 8 heteroatoms. The molecule has 1 aromatic carbocycles. The molecule has 0 radical (unpaired) electrons. The minimum absolute atomic E-state index is 0.324. The summed E-state index contributed by atoms with van der Waals surface area (Å²) in [5.41, 5.74) is -3.88. The van der Waals surface area contributed by atoms with Crippen LogP contribution >= 0.6 is 0 Å². The number of nitrogens with one attached hydrogen (secondary N) is 1. The molecule has 0 spiro atoms. The van der Waals surface area contributed by atoms with Gasteiger partial charge >= 0.3 is 15.6 Å². The fourth-order valence-corrected chi connectivity index (χ4v) is 2.13. The smallest absolute Gasteiger partial charge is 0.385 e. The normalized spacial score (nSPS) is 15.7. The summed E-state index contributed by atoms with van der Waals surface area (Å²) in [6.07, 6.45) is 1.51. The molecule has 1 aliphatic rings. The van der Waals surface area contributed by atoms with Crippen molar-refractivity contribution in [3.8, 4) is 5.75 Å². The lowest BCUT2D eigenvalue weighted by molar-refractivity contribution is -0.0500. The SMILES string of the molecule is O=S(=O)(Oc1ccc2c(c1)CCCN2)C(F)(F)F. The summed E-state index contributed by atoms with van der Waals surface area (Å²) in [6, 6.07) is 4.01. The summed E-state index contributed by atoms with van der Waals surface area (Å²) >= 11 is 0. The highest BCUT2D eigenvalue weighted by Crippen LogP contribution is 2.30. The van der Waals surface area contributed by atoms with E-state index >= 15 is 0 Å². The Bertz CT molecular complexity index is 554. The Morgan fingerprint density at radius 3 is 2.67 bits per heavy atom. The Morgan fingerprint density at radius 1 is 1.28 bits per heavy atom. The Hall–Kier alpha value is -1.44. The van der Waals surface area contributed by atoms with Crippen LogP contribution in [0.3, 0.4) is 0 Å². The van der Waals surface area contributed by atoms with E-state index in [0.717, 1.165) is 24.2 Å². The first-order valence-electron chi connectivity index (χ1n) is 5.17. The van der Waals surface area contributed by atoms with Gasteiger partial charge in [-0.1, -0.05) is 0 Å². The fourth-order valence-electron chi connectivity index (χ4n) is 1.68. The Labute approximate surface area is 102 Å². The predicted octanol–water partition coefficient (Wildman–Crippen LogP) is 2.27. The average molecular weight is 281 g/mol. The molecule has 1 aromatic rings. The van der Waals surface area contributed by atoms with Gasteiger partial charge in [-0.05, 0) is 36.6 Å². The summed E-state index contributed by atoms with van der Waals surface area (Å²) in [7, 11) is -5.60. The molecule has 0 unspecified atom stereocenters. The second-order valence-electron chi connectivity index (χ2n) is 3.83. The van der Waals surface area contributed by atoms with E-state index in [0.29, 0.717) is 6.42 Å². The van der Waals surface area contributed by atoms with E-state index in [2.05, 4.69) is 9.50 Å². The largest absolute Gasteiger partial charge is 0.534 e. The highest BCUT2D eigenvalue weighted by Gasteiger charge is 2.48. The van der Waals surface area contributed by atoms with Crippen molar-refractivity contribution in [3.05, 3.63) is 23.8 Å². The highest BCUT2D eigenvalue weighted by molar-refractivity contribution is 7.87. The standard InChI is InChI=1S/C10H10F3NO3S/c11-10(12,13)18(15,16)17-8-3-4-9-7(6-8)2-1-5-14-9/h3-4,6,14H,1-2,5H2. The average Bonchev–Trinajstić information content (AvgIpc) is 2.27. The lowest BCUT2D eigenvalue weighted by Gasteiger charge is -2.18. The second-order valence-corrected chi connectivity index (χ2v) is 5.37. The van der Waals surface area contributed by atoms with Gasteiger partial charge in [0.25, 0.3) is 0 Å². The molecule has 0 bridgehead atoms. The van der Waals surface area contributed by atoms with Crippen LogP contribution in [-0.4, -0.2) is 20.5 Å². The van der Waals surface area contributed by atoms with Gasteiger partial charge in [-0.3, -0.25) is 0 Å². The zero-order valence-electron chi connectivity index (χ0n) is 9.12. The van der Waals surface area contributed by atoms with Gasteiger partial charge in [0.15, 0.2) is 0 Å². The number of hydrogen-bond donors (Lipinski definition) is 1. The minimum Gasteiger partial charge on any atom is -0.385 e. The van der Waals surface area contributed by atoms with Crippen LogP contribution in [0.25, 0.3) is 0 Å². The molecule has 0 saturated carbocycles. The zero-order valence-corrected chi connectivity index (χ0v) is 9.94. The molecule has 18 heavy (non-hydrogen) atoms. The van der Waals surface area contributed by atoms with E-state index in [4.69, 9.17) is 0 Å². The number of aryl methyl sites for hydroxylation is 1. The van der Waals surface area contributed by atoms with Crippen LogP contribution in [0.4, 0.5) is 18.9 Å². The molecule has 0 saturated heterocycles. The molecule has 1 aliphatic heterocycles. The molecule has 100 valence electrons. The van der Waals surface area contributed by atoms with Crippen LogP contribution in [-0.2, 0) is 16.5 Å². The molecule has 0 aliphatic carbocycles. The summed E-state index contributed by atoms with van der Waals surface area (Å²) in [4.78, 5) is 0. The number of fused-ring (bicyclic) bond motifs is 1. The van der Waals surface area contributed by atoms with Crippen molar-refractivity contribution in [2.45, 2.75) is 18.3 Å². The number of halogens is 3. The van der Waals surface area contributed by atoms with Gasteiger partial charge in [0.05, 0.1) is 0 Å². The topological polar surface area (TPSA) is 55.4 Å². The van der Waals surface area contributed by atoms with Gasteiger partial charge in [-0.15, -0.1) is 0 Å².